The summed E-state index contributed by atoms with van der Waals surface area (Å²) in [6.07, 6.45) is 10.1. The summed E-state index contributed by atoms with van der Waals surface area (Å²) in [7, 11) is -0.760. The maximum absolute atomic E-state index is 18.1. The molecule has 1 unspecified atom stereocenters. The van der Waals surface area contributed by atoms with Gasteiger partial charge in [0.25, 0.3) is 0 Å². The van der Waals surface area contributed by atoms with Gasteiger partial charge in [-0.2, -0.15) is 15.1 Å². The van der Waals surface area contributed by atoms with Crippen molar-refractivity contribution in [3.05, 3.63) is 35.8 Å². The largest absolute Gasteiger partial charge is 0.480 e. The highest BCUT2D eigenvalue weighted by molar-refractivity contribution is 6.74. The molecule has 0 radical (unpaired) electrons. The summed E-state index contributed by atoms with van der Waals surface area (Å²) >= 11 is 0. The van der Waals surface area contributed by atoms with Crippen LogP contribution in [-0.4, -0.2) is 114 Å². The van der Waals surface area contributed by atoms with Crippen LogP contribution in [0, 0.1) is 18.2 Å². The molecule has 1 aromatic carbocycles. The minimum atomic E-state index is -2.29. The molecule has 0 bridgehead atoms. The van der Waals surface area contributed by atoms with E-state index in [-0.39, 0.29) is 58.5 Å². The van der Waals surface area contributed by atoms with Crippen molar-refractivity contribution < 1.29 is 37.3 Å². The third-order valence-corrected chi connectivity index (χ3v) is 19.0. The van der Waals surface area contributed by atoms with Gasteiger partial charge in [-0.25, -0.2) is 18.9 Å². The number of nitrogens with zero attached hydrogens (tertiary/aromatic N) is 7. The van der Waals surface area contributed by atoms with E-state index in [1.807, 2.05) is 37.3 Å². The summed E-state index contributed by atoms with van der Waals surface area (Å²) < 4.78 is 58.4. The molecule has 4 atom stereocenters. The Bertz CT molecular complexity index is 2440. The smallest absolute Gasteiger partial charge is 0.410 e. The van der Waals surface area contributed by atoms with Gasteiger partial charge in [-0.1, -0.05) is 39.8 Å². The van der Waals surface area contributed by atoms with Crippen LogP contribution < -0.4 is 14.4 Å². The van der Waals surface area contributed by atoms with E-state index in [1.165, 1.54) is 7.11 Å². The van der Waals surface area contributed by atoms with Gasteiger partial charge in [0.2, 0.25) is 5.88 Å². The molecule has 65 heavy (non-hydrogen) atoms. The average molecular weight is 916 g/mol. The summed E-state index contributed by atoms with van der Waals surface area (Å²) in [5, 5.41) is 5.78. The van der Waals surface area contributed by atoms with Crippen molar-refractivity contribution in [2.45, 2.75) is 148 Å². The fourth-order valence-corrected chi connectivity index (χ4v) is 12.0. The number of rotatable bonds is 10. The normalized spacial score (nSPS) is 24.6. The molecule has 0 spiro atoms. The van der Waals surface area contributed by atoms with Crippen molar-refractivity contribution in [1.29, 1.82) is 0 Å². The quantitative estimate of drug-likeness (QED) is 0.140. The Balaban J connectivity index is 1.28. The molecule has 4 fully saturated rings. The molecule has 1 amide bonds. The summed E-state index contributed by atoms with van der Waals surface area (Å²) in [5.41, 5.74) is 1.32. The maximum atomic E-state index is 18.1. The number of hydrogen-bond acceptors (Lipinski definition) is 12. The lowest BCUT2D eigenvalue weighted by molar-refractivity contribution is -0.0366. The average Bonchev–Trinajstić information content (AvgIpc) is 3.82. The number of amides is 1. The number of pyridine rings is 1. The number of likely N-dealkylation sites (tertiary alicyclic amines) is 1. The van der Waals surface area contributed by atoms with Gasteiger partial charge in [-0.05, 0) is 115 Å². The number of carbonyl (C=O) groups is 1. The van der Waals surface area contributed by atoms with Crippen LogP contribution in [0.1, 0.15) is 117 Å². The van der Waals surface area contributed by atoms with Crippen LogP contribution in [0.25, 0.3) is 39.1 Å². The molecule has 3 aliphatic heterocycles. The SMILES string of the molecule is C=Cc1c(C)cc2c(cnn2C2CCCCO2)c1-c1nc(OC)c2c(N3CCOC[C@@](C)(O[Si](C)(C)C(C)(C)C)C3)nc(OC[C@]34CCC[C@H]3N(C(=O)OC(C)(C)C)CCC4)nc2c1F. The van der Waals surface area contributed by atoms with Crippen LogP contribution >= 0.6 is 0 Å². The molecule has 4 aromatic rings. The van der Waals surface area contributed by atoms with Gasteiger partial charge in [-0.15, -0.1) is 0 Å². The molecule has 1 saturated carbocycles. The van der Waals surface area contributed by atoms with E-state index >= 15 is 4.39 Å². The van der Waals surface area contributed by atoms with Crippen molar-refractivity contribution in [1.82, 2.24) is 29.6 Å². The second-order valence-electron chi connectivity index (χ2n) is 21.5. The molecular weight excluding hydrogens is 846 g/mol. The summed E-state index contributed by atoms with van der Waals surface area (Å²) in [6, 6.07) is 2.01. The van der Waals surface area contributed by atoms with E-state index in [9.17, 15) is 4.79 Å². The lowest BCUT2D eigenvalue weighted by Gasteiger charge is -2.46. The van der Waals surface area contributed by atoms with E-state index in [4.69, 9.17) is 48.2 Å². The van der Waals surface area contributed by atoms with Crippen molar-refractivity contribution in [2.24, 2.45) is 5.41 Å². The van der Waals surface area contributed by atoms with Crippen LogP contribution in [0.3, 0.4) is 0 Å². The molecule has 3 aromatic heterocycles. The van der Waals surface area contributed by atoms with Gasteiger partial charge in [0.15, 0.2) is 20.4 Å². The summed E-state index contributed by atoms with van der Waals surface area (Å²) in [6.45, 7) is 28.1. The molecule has 1 aliphatic carbocycles. The first-order chi connectivity index (χ1) is 30.7. The Hall–Kier alpha value is -4.38. The second kappa shape index (κ2) is 17.7. The van der Waals surface area contributed by atoms with Gasteiger partial charge in [-0.3, -0.25) is 0 Å². The number of piperidine rings is 1. The van der Waals surface area contributed by atoms with E-state index in [1.54, 1.807) is 12.3 Å². The van der Waals surface area contributed by atoms with Crippen LogP contribution in [0.15, 0.2) is 18.8 Å². The van der Waals surface area contributed by atoms with Crippen molar-refractivity contribution in [2.75, 3.05) is 58.1 Å². The fraction of sp³-hybridized carbons (Fsp3) is 0.653. The molecule has 3 saturated heterocycles. The summed E-state index contributed by atoms with van der Waals surface area (Å²) in [4.78, 5) is 32.6. The molecule has 6 heterocycles. The van der Waals surface area contributed by atoms with Crippen LogP contribution in [-0.2, 0) is 18.6 Å². The van der Waals surface area contributed by atoms with Gasteiger partial charge in [0.05, 0.1) is 44.2 Å². The zero-order chi connectivity index (χ0) is 46.7. The highest BCUT2D eigenvalue weighted by atomic mass is 28.4. The standard InChI is InChI=1S/C49H70FN7O7Si/c1-13-32-31(2)26-34-33(27-51-57(34)36-19-14-15-24-61-36)37(32)40-39(50)41-38(43(52-40)59-10)42(55-23-25-60-29-48(9,28-55)64-65(11,12)47(6,7)8)54-44(53-41)62-30-49-20-16-18-35(49)56(22-17-21-49)45(58)63-46(3,4)5/h13,26-27,35-36H,1,14-25,28-30H2,2-12H3/t35-,36?,48+,49-/m1/s1. The molecule has 4 aliphatic rings. The number of hydrogen-bond donors (Lipinski definition) is 0. The zero-order valence-electron chi connectivity index (χ0n) is 40.6. The van der Waals surface area contributed by atoms with Gasteiger partial charge < -0.3 is 37.9 Å². The number of carbonyl (C=O) groups excluding carboxylic acids is 1. The van der Waals surface area contributed by atoms with Crippen LogP contribution in [0.5, 0.6) is 11.9 Å². The molecule has 354 valence electrons. The topological polar surface area (TPSA) is 135 Å². The number of benzene rings is 1. The zero-order valence-corrected chi connectivity index (χ0v) is 41.6. The second-order valence-corrected chi connectivity index (χ2v) is 26.2. The molecule has 8 rings (SSSR count). The minimum Gasteiger partial charge on any atom is -0.480 e. The fourth-order valence-electron chi connectivity index (χ4n) is 10.4. The Morgan fingerprint density at radius 2 is 1.82 bits per heavy atom. The Kier molecular flexibility index (Phi) is 12.8. The van der Waals surface area contributed by atoms with Gasteiger partial charge in [0, 0.05) is 48.6 Å². The minimum absolute atomic E-state index is 0.0104. The number of aromatic nitrogens is 5. The number of halogens is 1. The van der Waals surface area contributed by atoms with Crippen molar-refractivity contribution in [3.8, 4) is 23.1 Å². The molecule has 16 heteroatoms. The van der Waals surface area contributed by atoms with E-state index in [2.05, 4.69) is 58.3 Å². The van der Waals surface area contributed by atoms with Gasteiger partial charge in [0.1, 0.15) is 28.0 Å². The lowest BCUT2D eigenvalue weighted by atomic mass is 9.75. The van der Waals surface area contributed by atoms with Gasteiger partial charge >= 0.3 is 12.1 Å². The monoisotopic (exact) mass is 916 g/mol. The number of aryl methyl sites for hydroxylation is 1. The van der Waals surface area contributed by atoms with E-state index in [0.717, 1.165) is 68.0 Å². The predicted octanol–water partition coefficient (Wildman–Crippen LogP) is 10.4. The first-order valence-corrected chi connectivity index (χ1v) is 26.4. The Morgan fingerprint density at radius 3 is 2.51 bits per heavy atom. The summed E-state index contributed by atoms with van der Waals surface area (Å²) in [5.74, 6) is -0.0732. The Labute approximate surface area is 384 Å². The number of methoxy groups -OCH3 is 1. The first kappa shape index (κ1) is 47.1. The number of anilines is 1. The van der Waals surface area contributed by atoms with Crippen molar-refractivity contribution >= 4 is 48.1 Å². The first-order valence-electron chi connectivity index (χ1n) is 23.5. The molecule has 0 N–H and O–H groups in total. The van der Waals surface area contributed by atoms with Crippen LogP contribution in [0.2, 0.25) is 18.1 Å². The van der Waals surface area contributed by atoms with E-state index < -0.39 is 25.3 Å². The van der Waals surface area contributed by atoms with Crippen molar-refractivity contribution in [3.63, 3.8) is 0 Å². The highest BCUT2D eigenvalue weighted by Gasteiger charge is 2.51. The third-order valence-electron chi connectivity index (χ3n) is 14.4. The maximum Gasteiger partial charge on any atom is 0.410 e. The molecule has 14 nitrogen and oxygen atoms in total. The number of ether oxygens (including phenoxy) is 5. The predicted molar refractivity (Wildman–Crippen MR) is 254 cm³/mol. The third kappa shape index (κ3) is 9.08. The number of fused-ring (bicyclic) bond motifs is 3. The Morgan fingerprint density at radius 1 is 1.05 bits per heavy atom. The highest BCUT2D eigenvalue weighted by Crippen LogP contribution is 2.49. The van der Waals surface area contributed by atoms with E-state index in [0.29, 0.717) is 61.6 Å². The lowest BCUT2D eigenvalue weighted by Crippen LogP contribution is -2.55. The molecular formula is C49H70FN7O7Si. The van der Waals surface area contributed by atoms with Crippen LogP contribution in [0.4, 0.5) is 15.0 Å².